The van der Waals surface area contributed by atoms with Crippen LogP contribution in [0.5, 0.6) is 11.5 Å². The molecule has 0 bridgehead atoms. The van der Waals surface area contributed by atoms with E-state index in [1.807, 2.05) is 6.92 Å². The maximum atomic E-state index is 12.5. The minimum atomic E-state index is -0.213. The molecule has 0 saturated heterocycles. The van der Waals surface area contributed by atoms with Crippen molar-refractivity contribution in [2.75, 3.05) is 14.2 Å². The molecule has 1 aromatic heterocycles. The number of hydrogen-bond acceptors (Lipinski definition) is 5. The lowest BCUT2D eigenvalue weighted by molar-refractivity contribution is 0.0937. The molecule has 7 heteroatoms. The molecule has 7 nitrogen and oxygen atoms in total. The SMILES string of the molecule is COc1ccc(C(=O)N[C@@H](C)c2nnc3n2CCC3)cc1OC. The van der Waals surface area contributed by atoms with E-state index >= 15 is 0 Å². The van der Waals surface area contributed by atoms with Gasteiger partial charge in [-0.25, -0.2) is 0 Å². The van der Waals surface area contributed by atoms with Gasteiger partial charge in [-0.2, -0.15) is 0 Å². The second-order valence-electron chi connectivity index (χ2n) is 5.49. The Kier molecular flexibility index (Phi) is 4.18. The number of nitrogens with zero attached hydrogens (tertiary/aromatic N) is 3. The fourth-order valence-electron chi connectivity index (χ4n) is 2.82. The summed E-state index contributed by atoms with van der Waals surface area (Å²) in [4.78, 5) is 12.5. The monoisotopic (exact) mass is 316 g/mol. The molecular weight excluding hydrogens is 296 g/mol. The third-order valence-corrected chi connectivity index (χ3v) is 4.02. The molecule has 0 fully saturated rings. The van der Waals surface area contributed by atoms with Crippen molar-refractivity contribution in [1.82, 2.24) is 20.1 Å². The van der Waals surface area contributed by atoms with Crippen LogP contribution in [0.3, 0.4) is 0 Å². The van der Waals surface area contributed by atoms with Crippen LogP contribution in [0.2, 0.25) is 0 Å². The van der Waals surface area contributed by atoms with Gasteiger partial charge in [0, 0.05) is 18.5 Å². The lowest BCUT2D eigenvalue weighted by atomic mass is 10.1. The molecule has 1 atom stereocenters. The summed E-state index contributed by atoms with van der Waals surface area (Å²) in [6.45, 7) is 2.82. The number of methoxy groups -OCH3 is 2. The average molecular weight is 316 g/mol. The molecule has 0 aliphatic carbocycles. The summed E-state index contributed by atoms with van der Waals surface area (Å²) in [6.07, 6.45) is 2.03. The van der Waals surface area contributed by atoms with Crippen molar-refractivity contribution in [3.63, 3.8) is 0 Å². The smallest absolute Gasteiger partial charge is 0.252 e. The highest BCUT2D eigenvalue weighted by molar-refractivity contribution is 5.95. The lowest BCUT2D eigenvalue weighted by Crippen LogP contribution is -2.28. The first-order valence-electron chi connectivity index (χ1n) is 7.59. The Morgan fingerprint density at radius 3 is 2.78 bits per heavy atom. The maximum absolute atomic E-state index is 12.5. The van der Waals surface area contributed by atoms with Crippen LogP contribution in [-0.2, 0) is 13.0 Å². The summed E-state index contributed by atoms with van der Waals surface area (Å²) >= 11 is 0. The van der Waals surface area contributed by atoms with Crippen molar-refractivity contribution >= 4 is 5.91 Å². The Balaban J connectivity index is 1.76. The van der Waals surface area contributed by atoms with Crippen molar-refractivity contribution in [3.05, 3.63) is 35.4 Å². The predicted molar refractivity (Wildman–Crippen MR) is 83.8 cm³/mol. The van der Waals surface area contributed by atoms with Crippen LogP contribution in [0.4, 0.5) is 0 Å². The number of carbonyl (C=O) groups excluding carboxylic acids is 1. The molecule has 23 heavy (non-hydrogen) atoms. The quantitative estimate of drug-likeness (QED) is 0.909. The van der Waals surface area contributed by atoms with Gasteiger partial charge in [-0.3, -0.25) is 4.79 Å². The first kappa shape index (κ1) is 15.3. The highest BCUT2D eigenvalue weighted by atomic mass is 16.5. The number of ether oxygens (including phenoxy) is 2. The Morgan fingerprint density at radius 2 is 2.04 bits per heavy atom. The van der Waals surface area contributed by atoms with Crippen LogP contribution < -0.4 is 14.8 Å². The van der Waals surface area contributed by atoms with Crippen molar-refractivity contribution in [3.8, 4) is 11.5 Å². The highest BCUT2D eigenvalue weighted by Gasteiger charge is 2.23. The number of nitrogens with one attached hydrogen (secondary N) is 1. The number of fused-ring (bicyclic) bond motifs is 1. The van der Waals surface area contributed by atoms with Gasteiger partial charge in [-0.15, -0.1) is 10.2 Å². The third kappa shape index (κ3) is 2.86. The van der Waals surface area contributed by atoms with E-state index in [9.17, 15) is 4.79 Å². The molecule has 1 amide bonds. The molecule has 1 aliphatic heterocycles. The molecule has 0 radical (unpaired) electrons. The number of hydrogen-bond donors (Lipinski definition) is 1. The van der Waals surface area contributed by atoms with Crippen molar-refractivity contribution in [2.24, 2.45) is 0 Å². The fraction of sp³-hybridized carbons (Fsp3) is 0.438. The summed E-state index contributed by atoms with van der Waals surface area (Å²) in [5, 5.41) is 11.3. The summed E-state index contributed by atoms with van der Waals surface area (Å²) < 4.78 is 12.5. The van der Waals surface area contributed by atoms with Crippen LogP contribution in [-0.4, -0.2) is 34.9 Å². The second kappa shape index (κ2) is 6.28. The standard InChI is InChI=1S/C16H20N4O3/c1-10(15-19-18-14-5-4-8-20(14)15)17-16(21)11-6-7-12(22-2)13(9-11)23-3/h6-7,9-10H,4-5,8H2,1-3H3,(H,17,21)/t10-/m0/s1. The first-order valence-corrected chi connectivity index (χ1v) is 7.59. The van der Waals surface area contributed by atoms with E-state index in [1.54, 1.807) is 32.4 Å². The molecule has 0 unspecified atom stereocenters. The summed E-state index contributed by atoms with van der Waals surface area (Å²) in [7, 11) is 3.10. The summed E-state index contributed by atoms with van der Waals surface area (Å²) in [5.74, 6) is 2.72. The minimum Gasteiger partial charge on any atom is -0.493 e. The van der Waals surface area contributed by atoms with E-state index in [4.69, 9.17) is 9.47 Å². The van der Waals surface area contributed by atoms with Crippen molar-refractivity contribution in [2.45, 2.75) is 32.4 Å². The normalized spacial score (nSPS) is 14.2. The van der Waals surface area contributed by atoms with Crippen LogP contribution in [0.25, 0.3) is 0 Å². The van der Waals surface area contributed by atoms with E-state index in [-0.39, 0.29) is 11.9 Å². The van der Waals surface area contributed by atoms with E-state index in [1.165, 1.54) is 0 Å². The van der Waals surface area contributed by atoms with E-state index in [2.05, 4.69) is 20.1 Å². The number of rotatable bonds is 5. The Hall–Kier alpha value is -2.57. The van der Waals surface area contributed by atoms with Gasteiger partial charge in [-0.1, -0.05) is 0 Å². The average Bonchev–Trinajstić information content (AvgIpc) is 3.17. The van der Waals surface area contributed by atoms with Gasteiger partial charge in [0.15, 0.2) is 17.3 Å². The van der Waals surface area contributed by atoms with E-state index in [0.29, 0.717) is 17.1 Å². The molecule has 122 valence electrons. The summed E-state index contributed by atoms with van der Waals surface area (Å²) in [5.41, 5.74) is 0.510. The first-order chi connectivity index (χ1) is 11.1. The maximum Gasteiger partial charge on any atom is 0.252 e. The number of aryl methyl sites for hydroxylation is 1. The molecular formula is C16H20N4O3. The topological polar surface area (TPSA) is 78.3 Å². The Morgan fingerprint density at radius 1 is 1.26 bits per heavy atom. The van der Waals surface area contributed by atoms with Crippen molar-refractivity contribution < 1.29 is 14.3 Å². The molecule has 2 aromatic rings. The lowest BCUT2D eigenvalue weighted by Gasteiger charge is -2.15. The van der Waals surface area contributed by atoms with Gasteiger partial charge in [0.2, 0.25) is 0 Å². The van der Waals surface area contributed by atoms with Crippen LogP contribution in [0.1, 0.15) is 41.4 Å². The predicted octanol–water partition coefficient (Wildman–Crippen LogP) is 1.73. The second-order valence-corrected chi connectivity index (χ2v) is 5.49. The zero-order chi connectivity index (χ0) is 16.4. The molecule has 1 aromatic carbocycles. The molecule has 2 heterocycles. The van der Waals surface area contributed by atoms with Crippen LogP contribution in [0.15, 0.2) is 18.2 Å². The molecule has 3 rings (SSSR count). The van der Waals surface area contributed by atoms with Gasteiger partial charge >= 0.3 is 0 Å². The van der Waals surface area contributed by atoms with Gasteiger partial charge in [-0.05, 0) is 31.5 Å². The molecule has 0 saturated carbocycles. The molecule has 0 spiro atoms. The largest absolute Gasteiger partial charge is 0.493 e. The minimum absolute atomic E-state index is 0.186. The zero-order valence-corrected chi connectivity index (χ0v) is 13.5. The van der Waals surface area contributed by atoms with Gasteiger partial charge in [0.05, 0.1) is 20.3 Å². The Labute approximate surface area is 134 Å². The molecule has 1 aliphatic rings. The third-order valence-electron chi connectivity index (χ3n) is 4.02. The van der Waals surface area contributed by atoms with Crippen LogP contribution in [0, 0.1) is 0 Å². The number of benzene rings is 1. The summed E-state index contributed by atoms with van der Waals surface area (Å²) in [6, 6.07) is 4.87. The van der Waals surface area contributed by atoms with Gasteiger partial charge < -0.3 is 19.4 Å². The fourth-order valence-corrected chi connectivity index (χ4v) is 2.82. The zero-order valence-electron chi connectivity index (χ0n) is 13.5. The van der Waals surface area contributed by atoms with Gasteiger partial charge in [0.1, 0.15) is 5.82 Å². The Bertz CT molecular complexity index is 726. The van der Waals surface area contributed by atoms with E-state index < -0.39 is 0 Å². The molecule has 1 N–H and O–H groups in total. The van der Waals surface area contributed by atoms with E-state index in [0.717, 1.165) is 31.0 Å². The van der Waals surface area contributed by atoms with Gasteiger partial charge in [0.25, 0.3) is 5.91 Å². The number of aromatic nitrogens is 3. The number of amides is 1. The van der Waals surface area contributed by atoms with Crippen molar-refractivity contribution in [1.29, 1.82) is 0 Å². The highest BCUT2D eigenvalue weighted by Crippen LogP contribution is 2.28. The number of carbonyl (C=O) groups is 1. The van der Waals surface area contributed by atoms with Crippen LogP contribution >= 0.6 is 0 Å².